The summed E-state index contributed by atoms with van der Waals surface area (Å²) in [5, 5.41) is 0. The van der Waals surface area contributed by atoms with Crippen LogP contribution < -0.4 is 10.5 Å². The first-order valence-corrected chi connectivity index (χ1v) is 6.68. The molecule has 0 fully saturated rings. The molecule has 4 nitrogen and oxygen atoms in total. The Hall–Kier alpha value is -2.49. The maximum Gasteiger partial charge on any atom is 0.342 e. The molecule has 21 heavy (non-hydrogen) atoms. The zero-order chi connectivity index (χ0) is 15.4. The molecule has 2 aromatic rings. The van der Waals surface area contributed by atoms with E-state index in [4.69, 9.17) is 15.2 Å². The lowest BCUT2D eigenvalue weighted by atomic mass is 10.1. The van der Waals surface area contributed by atoms with Gasteiger partial charge in [0.1, 0.15) is 12.2 Å². The molecule has 0 unspecified atom stereocenters. The molecule has 110 valence electrons. The highest BCUT2D eigenvalue weighted by Crippen LogP contribution is 2.26. The van der Waals surface area contributed by atoms with E-state index >= 15 is 0 Å². The smallest absolute Gasteiger partial charge is 0.342 e. The van der Waals surface area contributed by atoms with Crippen LogP contribution in [-0.2, 0) is 11.3 Å². The number of para-hydroxylation sites is 1. The average molecular weight is 285 g/mol. The summed E-state index contributed by atoms with van der Waals surface area (Å²) in [5.74, 6) is -0.0973. The third-order valence-electron chi connectivity index (χ3n) is 3.41. The number of carbonyl (C=O) groups is 1. The van der Waals surface area contributed by atoms with Crippen LogP contribution in [0.3, 0.4) is 0 Å². The van der Waals surface area contributed by atoms with Gasteiger partial charge in [0.2, 0.25) is 0 Å². The van der Waals surface area contributed by atoms with Gasteiger partial charge in [0.25, 0.3) is 0 Å². The lowest BCUT2D eigenvalue weighted by molar-refractivity contribution is 0.0469. The molecule has 0 saturated heterocycles. The first-order valence-electron chi connectivity index (χ1n) is 6.68. The molecule has 4 heteroatoms. The van der Waals surface area contributed by atoms with E-state index in [0.717, 1.165) is 5.56 Å². The van der Waals surface area contributed by atoms with E-state index in [1.54, 1.807) is 18.2 Å². The number of carbonyl (C=O) groups excluding carboxylic acids is 1. The SMILES string of the molecule is COc1c(N)cccc1C(=O)OCc1ccc(C)c(C)c1. The zero-order valence-electron chi connectivity index (χ0n) is 12.5. The molecular formula is C17H19NO3. The Morgan fingerprint density at radius 3 is 2.57 bits per heavy atom. The highest BCUT2D eigenvalue weighted by atomic mass is 16.5. The summed E-state index contributed by atoms with van der Waals surface area (Å²) in [4.78, 5) is 12.1. The number of ether oxygens (including phenoxy) is 2. The van der Waals surface area contributed by atoms with Gasteiger partial charge < -0.3 is 15.2 Å². The third kappa shape index (κ3) is 3.34. The minimum Gasteiger partial charge on any atom is -0.494 e. The number of benzene rings is 2. The van der Waals surface area contributed by atoms with Crippen molar-refractivity contribution in [1.29, 1.82) is 0 Å². The van der Waals surface area contributed by atoms with Crippen molar-refractivity contribution in [3.8, 4) is 5.75 Å². The lowest BCUT2D eigenvalue weighted by Crippen LogP contribution is -2.08. The fourth-order valence-electron chi connectivity index (χ4n) is 2.06. The van der Waals surface area contributed by atoms with Crippen LogP contribution in [0.15, 0.2) is 36.4 Å². The Balaban J connectivity index is 2.12. The average Bonchev–Trinajstić information content (AvgIpc) is 2.48. The van der Waals surface area contributed by atoms with Crippen molar-refractivity contribution in [2.24, 2.45) is 0 Å². The molecule has 2 rings (SSSR count). The summed E-state index contributed by atoms with van der Waals surface area (Å²) in [5.41, 5.74) is 9.87. The van der Waals surface area contributed by atoms with Crippen molar-refractivity contribution < 1.29 is 14.3 Å². The zero-order valence-corrected chi connectivity index (χ0v) is 12.5. The van der Waals surface area contributed by atoms with Crippen LogP contribution in [0.2, 0.25) is 0 Å². The molecule has 2 N–H and O–H groups in total. The first-order chi connectivity index (χ1) is 10.0. The monoisotopic (exact) mass is 285 g/mol. The highest BCUT2D eigenvalue weighted by Gasteiger charge is 2.15. The number of anilines is 1. The molecule has 2 aromatic carbocycles. The number of aryl methyl sites for hydroxylation is 2. The summed E-state index contributed by atoms with van der Waals surface area (Å²) >= 11 is 0. The van der Waals surface area contributed by atoms with E-state index in [0.29, 0.717) is 17.0 Å². The lowest BCUT2D eigenvalue weighted by Gasteiger charge is -2.11. The van der Waals surface area contributed by atoms with E-state index in [-0.39, 0.29) is 6.61 Å². The normalized spacial score (nSPS) is 10.2. The van der Waals surface area contributed by atoms with Gasteiger partial charge in [-0.15, -0.1) is 0 Å². The van der Waals surface area contributed by atoms with Crippen molar-refractivity contribution in [3.63, 3.8) is 0 Å². The predicted octanol–water partition coefficient (Wildman–Crippen LogP) is 3.25. The largest absolute Gasteiger partial charge is 0.494 e. The Bertz CT molecular complexity index is 665. The summed E-state index contributed by atoms with van der Waals surface area (Å²) in [6.07, 6.45) is 0. The van der Waals surface area contributed by atoms with Gasteiger partial charge in [0.15, 0.2) is 5.75 Å². The maximum absolute atomic E-state index is 12.1. The molecule has 0 aliphatic heterocycles. The van der Waals surface area contributed by atoms with Crippen LogP contribution in [0.1, 0.15) is 27.0 Å². The highest BCUT2D eigenvalue weighted by molar-refractivity contribution is 5.94. The molecule has 0 saturated carbocycles. The van der Waals surface area contributed by atoms with Crippen molar-refractivity contribution in [1.82, 2.24) is 0 Å². The van der Waals surface area contributed by atoms with Gasteiger partial charge in [0, 0.05) is 0 Å². The molecule has 0 spiro atoms. The number of nitrogen functional groups attached to an aromatic ring is 1. The second-order valence-corrected chi connectivity index (χ2v) is 4.92. The molecule has 0 amide bonds. The molecule has 0 atom stereocenters. The number of hydrogen-bond donors (Lipinski definition) is 1. The quantitative estimate of drug-likeness (QED) is 0.692. The third-order valence-corrected chi connectivity index (χ3v) is 3.41. The van der Waals surface area contributed by atoms with Crippen LogP contribution in [0.5, 0.6) is 5.75 Å². The van der Waals surface area contributed by atoms with Gasteiger partial charge in [-0.2, -0.15) is 0 Å². The van der Waals surface area contributed by atoms with Crippen LogP contribution in [0.4, 0.5) is 5.69 Å². The molecule has 0 aliphatic carbocycles. The molecule has 0 radical (unpaired) electrons. The van der Waals surface area contributed by atoms with Crippen molar-refractivity contribution in [3.05, 3.63) is 58.7 Å². The number of hydrogen-bond acceptors (Lipinski definition) is 4. The fourth-order valence-corrected chi connectivity index (χ4v) is 2.06. The van der Waals surface area contributed by atoms with Gasteiger partial charge >= 0.3 is 5.97 Å². The Labute approximate surface area is 124 Å². The van der Waals surface area contributed by atoms with Crippen LogP contribution in [0.25, 0.3) is 0 Å². The number of esters is 1. The molecule has 0 heterocycles. The topological polar surface area (TPSA) is 61.5 Å². The molecular weight excluding hydrogens is 266 g/mol. The van der Waals surface area contributed by atoms with Crippen LogP contribution >= 0.6 is 0 Å². The summed E-state index contributed by atoms with van der Waals surface area (Å²) in [6.45, 7) is 4.29. The van der Waals surface area contributed by atoms with Gasteiger partial charge in [0.05, 0.1) is 12.8 Å². The van der Waals surface area contributed by atoms with E-state index in [1.165, 1.54) is 18.2 Å². The second-order valence-electron chi connectivity index (χ2n) is 4.92. The van der Waals surface area contributed by atoms with Gasteiger partial charge in [-0.05, 0) is 42.7 Å². The Morgan fingerprint density at radius 2 is 1.90 bits per heavy atom. The fraction of sp³-hybridized carbons (Fsp3) is 0.235. The second kappa shape index (κ2) is 6.31. The Kier molecular flexibility index (Phi) is 4.48. The number of methoxy groups -OCH3 is 1. The Morgan fingerprint density at radius 1 is 1.14 bits per heavy atom. The summed E-state index contributed by atoms with van der Waals surface area (Å²) < 4.78 is 10.5. The van der Waals surface area contributed by atoms with Gasteiger partial charge in [-0.1, -0.05) is 24.3 Å². The number of nitrogens with two attached hydrogens (primary N) is 1. The summed E-state index contributed by atoms with van der Waals surface area (Å²) in [6, 6.07) is 11.0. The standard InChI is InChI=1S/C17H19NO3/c1-11-7-8-13(9-12(11)2)10-21-17(19)14-5-4-6-15(18)16(14)20-3/h4-9H,10,18H2,1-3H3. The van der Waals surface area contributed by atoms with Gasteiger partial charge in [-0.25, -0.2) is 4.79 Å². The van der Waals surface area contributed by atoms with Gasteiger partial charge in [-0.3, -0.25) is 0 Å². The maximum atomic E-state index is 12.1. The first kappa shape index (κ1) is 14.9. The van der Waals surface area contributed by atoms with E-state index in [2.05, 4.69) is 0 Å². The molecule has 0 aliphatic rings. The molecule has 0 bridgehead atoms. The summed E-state index contributed by atoms with van der Waals surface area (Å²) in [7, 11) is 1.48. The molecule has 0 aromatic heterocycles. The van der Waals surface area contributed by atoms with Crippen LogP contribution in [0, 0.1) is 13.8 Å². The van der Waals surface area contributed by atoms with Crippen LogP contribution in [-0.4, -0.2) is 13.1 Å². The predicted molar refractivity (Wildman–Crippen MR) is 82.4 cm³/mol. The van der Waals surface area contributed by atoms with E-state index in [9.17, 15) is 4.79 Å². The minimum absolute atomic E-state index is 0.220. The van der Waals surface area contributed by atoms with Crippen molar-refractivity contribution in [2.45, 2.75) is 20.5 Å². The number of rotatable bonds is 4. The van der Waals surface area contributed by atoms with E-state index in [1.807, 2.05) is 32.0 Å². The van der Waals surface area contributed by atoms with E-state index < -0.39 is 5.97 Å². The minimum atomic E-state index is -0.447. The van der Waals surface area contributed by atoms with Crippen molar-refractivity contribution >= 4 is 11.7 Å². The van der Waals surface area contributed by atoms with Crippen molar-refractivity contribution in [2.75, 3.05) is 12.8 Å².